The lowest BCUT2D eigenvalue weighted by Crippen LogP contribution is -1.98. The maximum atomic E-state index is 5.44. The van der Waals surface area contributed by atoms with Crippen molar-refractivity contribution in [2.75, 3.05) is 28.4 Å². The van der Waals surface area contributed by atoms with E-state index in [0.717, 1.165) is 44.1 Å². The second-order valence-corrected chi connectivity index (χ2v) is 7.91. The summed E-state index contributed by atoms with van der Waals surface area (Å²) in [5.41, 5.74) is 3.63. The average Bonchev–Trinajstić information content (AvgIpc) is 2.88. The van der Waals surface area contributed by atoms with Crippen molar-refractivity contribution in [1.29, 1.82) is 0 Å². The van der Waals surface area contributed by atoms with E-state index in [0.29, 0.717) is 23.0 Å². The van der Waals surface area contributed by atoms with Crippen LogP contribution in [-0.4, -0.2) is 39.9 Å². The molecule has 0 unspecified atom stereocenters. The molecule has 4 aromatic rings. The van der Waals surface area contributed by atoms with Gasteiger partial charge in [0, 0.05) is 0 Å². The largest absolute Gasteiger partial charge is 0.493 e. The topological polar surface area (TPSA) is 61.6 Å². The average molecular weight is 457 g/mol. The second kappa shape index (κ2) is 9.83. The molecule has 0 aliphatic heterocycles. The first-order valence-corrected chi connectivity index (χ1v) is 10.9. The van der Waals surface area contributed by atoms with Crippen molar-refractivity contribution in [1.82, 2.24) is 0 Å². The van der Waals surface area contributed by atoms with Crippen LogP contribution in [0.3, 0.4) is 0 Å². The quantitative estimate of drug-likeness (QED) is 0.243. The Labute approximate surface area is 199 Å². The highest BCUT2D eigenvalue weighted by atomic mass is 16.5. The van der Waals surface area contributed by atoms with Crippen LogP contribution in [0.2, 0.25) is 0 Å². The van der Waals surface area contributed by atoms with Crippen molar-refractivity contribution < 1.29 is 18.9 Å². The molecular formula is C28H28N2O4. The van der Waals surface area contributed by atoms with E-state index in [1.54, 1.807) is 28.4 Å². The molecule has 0 fully saturated rings. The molecule has 0 heterocycles. The maximum absolute atomic E-state index is 5.44. The predicted octanol–water partition coefficient (Wildman–Crippen LogP) is 6.26. The molecule has 6 nitrogen and oxygen atoms in total. The number of fused-ring (bicyclic) bond motifs is 2. The van der Waals surface area contributed by atoms with Crippen LogP contribution < -0.4 is 18.9 Å². The van der Waals surface area contributed by atoms with Gasteiger partial charge in [0.2, 0.25) is 0 Å². The van der Waals surface area contributed by atoms with Crippen LogP contribution >= 0.6 is 0 Å². The Kier molecular flexibility index (Phi) is 6.68. The Morgan fingerprint density at radius 2 is 0.794 bits per heavy atom. The zero-order chi connectivity index (χ0) is 24.2. The molecule has 0 saturated carbocycles. The summed E-state index contributed by atoms with van der Waals surface area (Å²) in [4.78, 5) is 0. The zero-order valence-electron chi connectivity index (χ0n) is 20.3. The van der Waals surface area contributed by atoms with Crippen LogP contribution in [0.4, 0.5) is 0 Å². The number of hydrogen-bond acceptors (Lipinski definition) is 6. The van der Waals surface area contributed by atoms with Crippen LogP contribution in [0.25, 0.3) is 21.5 Å². The van der Waals surface area contributed by atoms with Crippen molar-refractivity contribution in [3.8, 4) is 23.0 Å². The van der Waals surface area contributed by atoms with Gasteiger partial charge in [-0.05, 0) is 82.9 Å². The van der Waals surface area contributed by atoms with Gasteiger partial charge in [0.25, 0.3) is 0 Å². The van der Waals surface area contributed by atoms with Gasteiger partial charge in [-0.3, -0.25) is 0 Å². The van der Waals surface area contributed by atoms with E-state index in [2.05, 4.69) is 22.3 Å². The maximum Gasteiger partial charge on any atom is 0.161 e. The smallest absolute Gasteiger partial charge is 0.161 e. The Morgan fingerprint density at radius 3 is 1.12 bits per heavy atom. The molecule has 4 aromatic carbocycles. The summed E-state index contributed by atoms with van der Waals surface area (Å²) in [5.74, 6) is 2.81. The highest BCUT2D eigenvalue weighted by Gasteiger charge is 2.09. The third kappa shape index (κ3) is 4.53. The number of benzene rings is 4. The standard InChI is InChI=1S/C28H28N2O4/c1-17(19-7-9-21-13-25(31-3)27(33-5)15-23(21)11-19)29-30-18(2)20-8-10-22-14-26(32-4)28(34-6)16-24(22)12-20/h7-16H,1-6H3/b29-17-,30-18-. The van der Waals surface area contributed by atoms with Crippen molar-refractivity contribution in [3.63, 3.8) is 0 Å². The molecule has 0 atom stereocenters. The fourth-order valence-corrected chi connectivity index (χ4v) is 3.87. The van der Waals surface area contributed by atoms with Crippen LogP contribution in [0.1, 0.15) is 25.0 Å². The van der Waals surface area contributed by atoms with Crippen molar-refractivity contribution in [3.05, 3.63) is 71.8 Å². The monoisotopic (exact) mass is 456 g/mol. The van der Waals surface area contributed by atoms with E-state index >= 15 is 0 Å². The van der Waals surface area contributed by atoms with Crippen molar-refractivity contribution >= 4 is 33.0 Å². The lowest BCUT2D eigenvalue weighted by molar-refractivity contribution is 0.356. The van der Waals surface area contributed by atoms with Crippen LogP contribution in [-0.2, 0) is 0 Å². The molecule has 0 aromatic heterocycles. The molecule has 4 rings (SSSR count). The van der Waals surface area contributed by atoms with Crippen molar-refractivity contribution in [2.24, 2.45) is 10.2 Å². The zero-order valence-corrected chi connectivity index (χ0v) is 20.3. The SMILES string of the molecule is COc1cc2ccc(/C(C)=N\N=C(\C)c3ccc4cc(OC)c(OC)cc4c3)cc2cc1OC. The Balaban J connectivity index is 1.64. The van der Waals surface area contributed by atoms with E-state index < -0.39 is 0 Å². The molecule has 0 bridgehead atoms. The van der Waals surface area contributed by atoms with Crippen molar-refractivity contribution in [2.45, 2.75) is 13.8 Å². The number of nitrogens with zero attached hydrogens (tertiary/aromatic N) is 2. The molecule has 0 aliphatic carbocycles. The fraction of sp³-hybridized carbons (Fsp3) is 0.214. The third-order valence-electron chi connectivity index (χ3n) is 5.87. The highest BCUT2D eigenvalue weighted by Crippen LogP contribution is 2.33. The van der Waals surface area contributed by atoms with Gasteiger partial charge >= 0.3 is 0 Å². The fourth-order valence-electron chi connectivity index (χ4n) is 3.87. The van der Waals surface area contributed by atoms with E-state index in [1.807, 2.05) is 62.4 Å². The molecule has 0 radical (unpaired) electrons. The first-order valence-electron chi connectivity index (χ1n) is 10.9. The summed E-state index contributed by atoms with van der Waals surface area (Å²) < 4.78 is 21.7. The minimum Gasteiger partial charge on any atom is -0.493 e. The molecule has 0 aliphatic rings. The van der Waals surface area contributed by atoms with Gasteiger partial charge in [0.15, 0.2) is 23.0 Å². The van der Waals surface area contributed by atoms with Gasteiger partial charge in [-0.25, -0.2) is 0 Å². The number of hydrogen-bond donors (Lipinski definition) is 0. The third-order valence-corrected chi connectivity index (χ3v) is 5.87. The van der Waals surface area contributed by atoms with E-state index in [4.69, 9.17) is 18.9 Å². The highest BCUT2D eigenvalue weighted by molar-refractivity contribution is 6.05. The molecule has 0 amide bonds. The molecule has 34 heavy (non-hydrogen) atoms. The second-order valence-electron chi connectivity index (χ2n) is 7.91. The van der Waals surface area contributed by atoms with Gasteiger partial charge in [0.1, 0.15) is 0 Å². The Hall–Kier alpha value is -4.06. The molecule has 0 N–H and O–H groups in total. The molecule has 0 saturated heterocycles. The molecule has 174 valence electrons. The summed E-state index contributed by atoms with van der Waals surface area (Å²) in [5, 5.41) is 13.2. The summed E-state index contributed by atoms with van der Waals surface area (Å²) in [6.07, 6.45) is 0. The van der Waals surface area contributed by atoms with Crippen LogP contribution in [0.5, 0.6) is 23.0 Å². The number of methoxy groups -OCH3 is 4. The number of rotatable bonds is 7. The summed E-state index contributed by atoms with van der Waals surface area (Å²) in [6.45, 7) is 3.91. The van der Waals surface area contributed by atoms with Gasteiger partial charge in [-0.15, -0.1) is 0 Å². The Bertz CT molecular complexity index is 1310. The van der Waals surface area contributed by atoms with Gasteiger partial charge in [-0.1, -0.05) is 24.3 Å². The van der Waals surface area contributed by atoms with Gasteiger partial charge in [-0.2, -0.15) is 10.2 Å². The summed E-state index contributed by atoms with van der Waals surface area (Å²) in [6, 6.07) is 20.2. The first-order chi connectivity index (χ1) is 16.5. The predicted molar refractivity (Wildman–Crippen MR) is 139 cm³/mol. The minimum atomic E-state index is 0.696. The minimum absolute atomic E-state index is 0.696. The number of ether oxygens (including phenoxy) is 4. The van der Waals surface area contributed by atoms with E-state index in [1.165, 1.54) is 0 Å². The molecule has 0 spiro atoms. The van der Waals surface area contributed by atoms with Crippen LogP contribution in [0.15, 0.2) is 70.9 Å². The summed E-state index contributed by atoms with van der Waals surface area (Å²) >= 11 is 0. The lowest BCUT2D eigenvalue weighted by Gasteiger charge is -2.10. The molecule has 6 heteroatoms. The normalized spacial score (nSPS) is 12.2. The Morgan fingerprint density at radius 1 is 0.471 bits per heavy atom. The van der Waals surface area contributed by atoms with Gasteiger partial charge < -0.3 is 18.9 Å². The summed E-state index contributed by atoms with van der Waals surface area (Å²) in [7, 11) is 6.55. The van der Waals surface area contributed by atoms with E-state index in [9.17, 15) is 0 Å². The molecular weight excluding hydrogens is 428 g/mol. The van der Waals surface area contributed by atoms with E-state index in [-0.39, 0.29) is 0 Å². The first kappa shape index (κ1) is 23.1. The lowest BCUT2D eigenvalue weighted by atomic mass is 10.0. The van der Waals surface area contributed by atoms with Crippen LogP contribution in [0, 0.1) is 0 Å². The van der Waals surface area contributed by atoms with Gasteiger partial charge in [0.05, 0.1) is 39.9 Å².